The van der Waals surface area contributed by atoms with Gasteiger partial charge in [-0.1, -0.05) is 24.3 Å². The topological polar surface area (TPSA) is 33.2 Å². The van der Waals surface area contributed by atoms with Crippen LogP contribution in [-0.4, -0.2) is 0 Å². The molecule has 0 aliphatic heterocycles. The van der Waals surface area contributed by atoms with Gasteiger partial charge >= 0.3 is 0 Å². The molecule has 4 N–H and O–H groups in total. The molecule has 0 heterocycles. The standard InChI is InChI=1S/C24H24F4N2/c1-15(21-9-7-19(25)11-23(21)27)29-13-17-3-5-18(6-4-17)14-30-16(2)22-10-8-20(26)12-24(22)28/h3-12,15-16,29-30H,13-14H2,1-2H3/p+2/t15-,16-/m0/s1. The smallest absolute Gasteiger partial charge is 0.135 e. The van der Waals surface area contributed by atoms with Gasteiger partial charge in [-0.15, -0.1) is 0 Å². The Kier molecular flexibility index (Phi) is 7.24. The summed E-state index contributed by atoms with van der Waals surface area (Å²) in [7, 11) is 0. The van der Waals surface area contributed by atoms with Gasteiger partial charge in [0.1, 0.15) is 48.4 Å². The van der Waals surface area contributed by atoms with Crippen molar-refractivity contribution in [2.75, 3.05) is 0 Å². The fourth-order valence-electron chi connectivity index (χ4n) is 3.43. The highest BCUT2D eigenvalue weighted by Gasteiger charge is 2.16. The molecular weight excluding hydrogens is 392 g/mol. The number of halogens is 4. The zero-order valence-electron chi connectivity index (χ0n) is 17.0. The molecule has 0 unspecified atom stereocenters. The molecule has 0 amide bonds. The molecule has 0 aliphatic rings. The maximum Gasteiger partial charge on any atom is 0.135 e. The fraction of sp³-hybridized carbons (Fsp3) is 0.250. The van der Waals surface area contributed by atoms with E-state index in [2.05, 4.69) is 0 Å². The Labute approximate surface area is 173 Å². The molecule has 2 atom stereocenters. The highest BCUT2D eigenvalue weighted by atomic mass is 19.1. The van der Waals surface area contributed by atoms with E-state index in [9.17, 15) is 17.6 Å². The predicted octanol–water partition coefficient (Wildman–Crippen LogP) is 3.89. The van der Waals surface area contributed by atoms with E-state index in [-0.39, 0.29) is 12.1 Å². The Hall–Kier alpha value is -2.70. The van der Waals surface area contributed by atoms with Crippen LogP contribution in [0.25, 0.3) is 0 Å². The molecule has 30 heavy (non-hydrogen) atoms. The third-order valence-corrected chi connectivity index (χ3v) is 5.34. The quantitative estimate of drug-likeness (QED) is 0.521. The van der Waals surface area contributed by atoms with E-state index in [1.165, 1.54) is 24.3 Å². The fourth-order valence-corrected chi connectivity index (χ4v) is 3.43. The molecule has 0 bridgehead atoms. The van der Waals surface area contributed by atoms with Crippen LogP contribution in [0.2, 0.25) is 0 Å². The monoisotopic (exact) mass is 418 g/mol. The molecule has 0 saturated carbocycles. The second-order valence-electron chi connectivity index (χ2n) is 7.61. The Morgan fingerprint density at radius 2 is 0.967 bits per heavy atom. The molecular formula is C24H26F4N2+2. The molecule has 0 saturated heterocycles. The summed E-state index contributed by atoms with van der Waals surface area (Å²) in [5.41, 5.74) is 3.13. The van der Waals surface area contributed by atoms with Crippen molar-refractivity contribution in [3.63, 3.8) is 0 Å². The molecule has 6 heteroatoms. The summed E-state index contributed by atoms with van der Waals surface area (Å²) in [6.45, 7) is 5.10. The van der Waals surface area contributed by atoms with Crippen molar-refractivity contribution < 1.29 is 28.2 Å². The second kappa shape index (κ2) is 9.87. The van der Waals surface area contributed by atoms with E-state index in [4.69, 9.17) is 0 Å². The van der Waals surface area contributed by atoms with Crippen molar-refractivity contribution >= 4 is 0 Å². The van der Waals surface area contributed by atoms with Crippen molar-refractivity contribution in [2.24, 2.45) is 0 Å². The maximum absolute atomic E-state index is 13.9. The van der Waals surface area contributed by atoms with E-state index in [1.807, 2.05) is 48.7 Å². The van der Waals surface area contributed by atoms with Gasteiger partial charge < -0.3 is 10.6 Å². The Bertz CT molecular complexity index is 908. The second-order valence-corrected chi connectivity index (χ2v) is 7.61. The number of hydrogen-bond donors (Lipinski definition) is 2. The lowest BCUT2D eigenvalue weighted by Gasteiger charge is -2.13. The van der Waals surface area contributed by atoms with Crippen molar-refractivity contribution in [1.82, 2.24) is 0 Å². The van der Waals surface area contributed by atoms with Crippen LogP contribution in [-0.2, 0) is 13.1 Å². The summed E-state index contributed by atoms with van der Waals surface area (Å²) in [5, 5.41) is 3.99. The number of quaternary nitrogens is 2. The summed E-state index contributed by atoms with van der Waals surface area (Å²) >= 11 is 0. The highest BCUT2D eigenvalue weighted by Crippen LogP contribution is 2.16. The number of hydrogen-bond acceptors (Lipinski definition) is 0. The highest BCUT2D eigenvalue weighted by molar-refractivity contribution is 5.23. The Balaban J connectivity index is 1.52. The molecule has 0 aromatic heterocycles. The van der Waals surface area contributed by atoms with E-state index in [1.54, 1.807) is 0 Å². The maximum atomic E-state index is 13.9. The molecule has 3 aromatic rings. The number of rotatable bonds is 8. The van der Waals surface area contributed by atoms with Gasteiger partial charge in [0, 0.05) is 34.4 Å². The van der Waals surface area contributed by atoms with Crippen molar-refractivity contribution in [2.45, 2.75) is 39.0 Å². The number of nitrogens with two attached hydrogens (primary N) is 2. The summed E-state index contributed by atoms with van der Waals surface area (Å²) in [5.74, 6) is -2.22. The van der Waals surface area contributed by atoms with Gasteiger partial charge in [0.2, 0.25) is 0 Å². The largest absolute Gasteiger partial charge is 0.336 e. The molecule has 2 nitrogen and oxygen atoms in total. The minimum absolute atomic E-state index is 0.134. The van der Waals surface area contributed by atoms with Crippen LogP contribution in [0.5, 0.6) is 0 Å². The molecule has 0 fully saturated rings. The number of benzene rings is 3. The van der Waals surface area contributed by atoms with Gasteiger partial charge in [-0.05, 0) is 38.1 Å². The Morgan fingerprint density at radius 1 is 0.600 bits per heavy atom. The van der Waals surface area contributed by atoms with Gasteiger partial charge in [-0.25, -0.2) is 17.6 Å². The van der Waals surface area contributed by atoms with Gasteiger partial charge in [0.15, 0.2) is 0 Å². The lowest BCUT2D eigenvalue weighted by molar-refractivity contribution is -0.708. The van der Waals surface area contributed by atoms with Crippen LogP contribution in [0.1, 0.15) is 48.2 Å². The normalized spacial score (nSPS) is 13.3. The SMILES string of the molecule is C[C@H]([NH2+]Cc1ccc(C[NH2+][C@@H](C)c2ccc(F)cc2F)cc1)c1ccc(F)cc1F. The molecule has 0 radical (unpaired) electrons. The van der Waals surface area contributed by atoms with Crippen LogP contribution in [0.15, 0.2) is 60.7 Å². The zero-order valence-corrected chi connectivity index (χ0v) is 17.0. The molecule has 158 valence electrons. The third kappa shape index (κ3) is 5.68. The minimum atomic E-state index is -0.577. The van der Waals surface area contributed by atoms with Crippen molar-refractivity contribution in [3.05, 3.63) is 106 Å². The first-order valence-corrected chi connectivity index (χ1v) is 9.98. The van der Waals surface area contributed by atoms with Crippen LogP contribution >= 0.6 is 0 Å². The predicted molar refractivity (Wildman–Crippen MR) is 107 cm³/mol. The summed E-state index contributed by atoms with van der Waals surface area (Å²) in [6, 6.07) is 15.1. The first-order chi connectivity index (χ1) is 14.3. The van der Waals surface area contributed by atoms with E-state index < -0.39 is 23.3 Å². The van der Waals surface area contributed by atoms with Crippen LogP contribution in [0, 0.1) is 23.3 Å². The average molecular weight is 418 g/mol. The van der Waals surface area contributed by atoms with Gasteiger partial charge in [0.05, 0.1) is 0 Å². The summed E-state index contributed by atoms with van der Waals surface area (Å²) in [4.78, 5) is 0. The Morgan fingerprint density at radius 3 is 1.30 bits per heavy atom. The molecule has 3 aromatic carbocycles. The third-order valence-electron chi connectivity index (χ3n) is 5.34. The molecule has 0 aliphatic carbocycles. The van der Waals surface area contributed by atoms with Crippen LogP contribution < -0.4 is 10.6 Å². The molecule has 3 rings (SSSR count). The van der Waals surface area contributed by atoms with Crippen LogP contribution in [0.4, 0.5) is 17.6 Å². The summed E-state index contributed by atoms with van der Waals surface area (Å²) < 4.78 is 53.9. The summed E-state index contributed by atoms with van der Waals surface area (Å²) in [6.07, 6.45) is 0. The van der Waals surface area contributed by atoms with Crippen molar-refractivity contribution in [1.29, 1.82) is 0 Å². The van der Waals surface area contributed by atoms with E-state index >= 15 is 0 Å². The van der Waals surface area contributed by atoms with Crippen molar-refractivity contribution in [3.8, 4) is 0 Å². The zero-order chi connectivity index (χ0) is 21.7. The van der Waals surface area contributed by atoms with E-state index in [0.717, 1.165) is 23.3 Å². The lowest BCUT2D eigenvalue weighted by Crippen LogP contribution is -2.83. The van der Waals surface area contributed by atoms with Gasteiger partial charge in [-0.2, -0.15) is 0 Å². The van der Waals surface area contributed by atoms with Gasteiger partial charge in [-0.3, -0.25) is 0 Å². The van der Waals surface area contributed by atoms with E-state index in [0.29, 0.717) is 24.2 Å². The van der Waals surface area contributed by atoms with Crippen LogP contribution in [0.3, 0.4) is 0 Å². The lowest BCUT2D eigenvalue weighted by atomic mass is 10.1. The molecule has 0 spiro atoms. The average Bonchev–Trinajstić information content (AvgIpc) is 2.71. The first kappa shape index (κ1) is 22.0. The van der Waals surface area contributed by atoms with Gasteiger partial charge in [0.25, 0.3) is 0 Å². The minimum Gasteiger partial charge on any atom is -0.336 e. The first-order valence-electron chi connectivity index (χ1n) is 9.98.